The van der Waals surface area contributed by atoms with Gasteiger partial charge in [0.05, 0.1) is 18.6 Å². The quantitative estimate of drug-likeness (QED) is 0.348. The molecule has 7 nitrogen and oxygen atoms in total. The van der Waals surface area contributed by atoms with E-state index < -0.39 is 41.1 Å². The molecule has 46 heavy (non-hydrogen) atoms. The number of alkyl halides is 4. The molecule has 4 aliphatic rings. The number of carbonyl (C=O) groups is 2. The van der Waals surface area contributed by atoms with Gasteiger partial charge in [-0.05, 0) is 73.9 Å². The lowest BCUT2D eigenvalue weighted by Gasteiger charge is -2.40. The number of carbonyl (C=O) groups excluding carboxylic acids is 1. The van der Waals surface area contributed by atoms with Gasteiger partial charge in [-0.15, -0.1) is 0 Å². The van der Waals surface area contributed by atoms with Crippen LogP contribution in [0.15, 0.2) is 42.5 Å². The van der Waals surface area contributed by atoms with Crippen molar-refractivity contribution in [2.75, 3.05) is 51.3 Å². The molecule has 0 aromatic heterocycles. The number of nitrogens with zero attached hydrogens (tertiary/aromatic N) is 3. The molecule has 250 valence electrons. The second kappa shape index (κ2) is 13.0. The first-order valence-electron chi connectivity index (χ1n) is 16.5. The van der Waals surface area contributed by atoms with Crippen molar-refractivity contribution in [2.45, 2.75) is 81.1 Å². The zero-order valence-electron chi connectivity index (χ0n) is 26.3. The van der Waals surface area contributed by atoms with Crippen LogP contribution >= 0.6 is 0 Å². The van der Waals surface area contributed by atoms with Gasteiger partial charge in [0.1, 0.15) is 5.75 Å². The summed E-state index contributed by atoms with van der Waals surface area (Å²) in [5.41, 5.74) is -1.03. The second-order valence-electron chi connectivity index (χ2n) is 13.5. The summed E-state index contributed by atoms with van der Waals surface area (Å²) in [6.45, 7) is 1.74. The van der Waals surface area contributed by atoms with Crippen LogP contribution in [0.1, 0.15) is 79.9 Å². The number of benzene rings is 2. The lowest BCUT2D eigenvalue weighted by molar-refractivity contribution is -0.145. The van der Waals surface area contributed by atoms with Crippen LogP contribution in [0.3, 0.4) is 0 Å². The van der Waals surface area contributed by atoms with Crippen molar-refractivity contribution in [3.05, 3.63) is 59.2 Å². The van der Waals surface area contributed by atoms with E-state index in [-0.39, 0.29) is 25.0 Å². The number of aliphatic carboxylic acids is 1. The second-order valence-corrected chi connectivity index (χ2v) is 13.5. The number of methoxy groups -OCH3 is 1. The topological polar surface area (TPSA) is 73.3 Å². The molecule has 2 aromatic rings. The molecule has 1 saturated carbocycles. The highest BCUT2D eigenvalue weighted by molar-refractivity contribution is 5.87. The van der Waals surface area contributed by atoms with E-state index >= 15 is 4.39 Å². The average Bonchev–Trinajstić information content (AvgIpc) is 3.73. The fourth-order valence-corrected chi connectivity index (χ4v) is 8.20. The highest BCUT2D eigenvalue weighted by Crippen LogP contribution is 2.45. The molecule has 0 spiro atoms. The maximum absolute atomic E-state index is 17.5. The maximum Gasteiger partial charge on any atom is 0.416 e. The summed E-state index contributed by atoms with van der Waals surface area (Å²) in [7, 11) is 1.57. The maximum atomic E-state index is 17.5. The van der Waals surface area contributed by atoms with Crippen LogP contribution in [0, 0.1) is 5.92 Å². The van der Waals surface area contributed by atoms with E-state index in [9.17, 15) is 27.9 Å². The number of anilines is 1. The van der Waals surface area contributed by atoms with Gasteiger partial charge in [-0.25, -0.2) is 4.39 Å². The molecule has 0 radical (unpaired) electrons. The van der Waals surface area contributed by atoms with Crippen LogP contribution < -0.4 is 9.64 Å². The SMILES string of the molecule is COc1ccc([C@@H]2CN(C3CCCC3)C[C@@]2(F)C(=O)N2CCCC(c3ccc(C(F)(F)F)cc3N3CCC(C(=O)O)CC3)C2)cc1. The lowest BCUT2D eigenvalue weighted by Crippen LogP contribution is -2.53. The first-order chi connectivity index (χ1) is 22.0. The number of likely N-dealkylation sites (tertiary alicyclic amines) is 2. The van der Waals surface area contributed by atoms with Crippen molar-refractivity contribution < 1.29 is 37.0 Å². The molecule has 3 aliphatic heterocycles. The van der Waals surface area contributed by atoms with Gasteiger partial charge in [0.25, 0.3) is 5.91 Å². The van der Waals surface area contributed by atoms with E-state index in [1.165, 1.54) is 6.07 Å². The zero-order chi connectivity index (χ0) is 32.6. The third-order valence-electron chi connectivity index (χ3n) is 10.8. The summed E-state index contributed by atoms with van der Waals surface area (Å²) in [6.07, 6.45) is 1.59. The molecule has 3 atom stereocenters. The van der Waals surface area contributed by atoms with E-state index in [1.807, 2.05) is 17.0 Å². The minimum Gasteiger partial charge on any atom is -0.497 e. The Bertz CT molecular complexity index is 1410. The summed E-state index contributed by atoms with van der Waals surface area (Å²) in [4.78, 5) is 31.4. The largest absolute Gasteiger partial charge is 0.497 e. The molecular weight excluding hydrogens is 602 g/mol. The summed E-state index contributed by atoms with van der Waals surface area (Å²) in [6, 6.07) is 11.2. The number of halogens is 4. The standard InChI is InChI=1S/C35H43F4N3O4/c1-46-28-11-8-23(9-12-28)30-21-42(27-6-2-3-7-27)22-34(30,36)33(45)41-16-4-5-25(20-41)29-13-10-26(35(37,38)39)19-31(29)40-17-14-24(15-18-40)32(43)44/h8-13,19,24-25,27,30H,2-7,14-18,20-22H2,1H3,(H,43,44)/t25?,30-,34-/m0/s1. The molecule has 1 amide bonds. The van der Waals surface area contributed by atoms with Crippen LogP contribution in [0.4, 0.5) is 23.2 Å². The van der Waals surface area contributed by atoms with Gasteiger partial charge in [-0.1, -0.05) is 31.0 Å². The molecule has 1 unspecified atom stereocenters. The van der Waals surface area contributed by atoms with Crippen LogP contribution in [0.2, 0.25) is 0 Å². The third-order valence-corrected chi connectivity index (χ3v) is 10.8. The van der Waals surface area contributed by atoms with Gasteiger partial charge >= 0.3 is 12.1 Å². The van der Waals surface area contributed by atoms with Crippen molar-refractivity contribution in [2.24, 2.45) is 5.92 Å². The van der Waals surface area contributed by atoms with Crippen LogP contribution in [-0.2, 0) is 15.8 Å². The Balaban J connectivity index is 1.27. The lowest BCUT2D eigenvalue weighted by atomic mass is 9.83. The molecule has 11 heteroatoms. The summed E-state index contributed by atoms with van der Waals surface area (Å²) in [5.74, 6) is -2.23. The fourth-order valence-electron chi connectivity index (χ4n) is 8.20. The molecular formula is C35H43F4N3O4. The zero-order valence-corrected chi connectivity index (χ0v) is 26.3. The number of ether oxygens (including phenoxy) is 1. The Morgan fingerprint density at radius 2 is 1.61 bits per heavy atom. The van der Waals surface area contributed by atoms with Gasteiger partial charge in [0.15, 0.2) is 0 Å². The summed E-state index contributed by atoms with van der Waals surface area (Å²) in [5, 5.41) is 9.45. The van der Waals surface area contributed by atoms with Crippen LogP contribution in [-0.4, -0.2) is 84.9 Å². The minimum absolute atomic E-state index is 0.0262. The average molecular weight is 646 g/mol. The first-order valence-corrected chi connectivity index (χ1v) is 16.5. The number of carboxylic acids is 1. The monoisotopic (exact) mass is 645 g/mol. The predicted octanol–water partition coefficient (Wildman–Crippen LogP) is 6.47. The van der Waals surface area contributed by atoms with E-state index in [1.54, 1.807) is 24.1 Å². The summed E-state index contributed by atoms with van der Waals surface area (Å²) < 4.78 is 64.2. The Morgan fingerprint density at radius 3 is 2.24 bits per heavy atom. The van der Waals surface area contributed by atoms with Crippen molar-refractivity contribution in [1.82, 2.24) is 9.80 Å². The predicted molar refractivity (Wildman–Crippen MR) is 166 cm³/mol. The van der Waals surface area contributed by atoms with E-state index in [2.05, 4.69) is 4.90 Å². The smallest absolute Gasteiger partial charge is 0.416 e. The molecule has 1 N–H and O–H groups in total. The normalized spacial score (nSPS) is 26.9. The van der Waals surface area contributed by atoms with Crippen molar-refractivity contribution in [3.8, 4) is 5.75 Å². The Morgan fingerprint density at radius 1 is 0.913 bits per heavy atom. The molecule has 4 fully saturated rings. The van der Waals surface area contributed by atoms with Crippen molar-refractivity contribution >= 4 is 17.6 Å². The molecule has 2 aromatic carbocycles. The molecule has 0 bridgehead atoms. The van der Waals surface area contributed by atoms with Crippen molar-refractivity contribution in [1.29, 1.82) is 0 Å². The molecule has 3 saturated heterocycles. The van der Waals surface area contributed by atoms with Gasteiger partial charge < -0.3 is 19.6 Å². The number of rotatable bonds is 7. The Kier molecular flexibility index (Phi) is 9.24. The molecule has 1 aliphatic carbocycles. The van der Waals surface area contributed by atoms with E-state index in [4.69, 9.17) is 4.74 Å². The van der Waals surface area contributed by atoms with Crippen molar-refractivity contribution in [3.63, 3.8) is 0 Å². The first kappa shape index (κ1) is 32.6. The number of hydrogen-bond donors (Lipinski definition) is 1. The summed E-state index contributed by atoms with van der Waals surface area (Å²) >= 11 is 0. The van der Waals surface area contributed by atoms with E-state index in [0.29, 0.717) is 68.9 Å². The third kappa shape index (κ3) is 6.44. The number of piperidine rings is 2. The highest BCUT2D eigenvalue weighted by atomic mass is 19.4. The minimum atomic E-state index is -4.54. The van der Waals surface area contributed by atoms with Gasteiger partial charge in [0.2, 0.25) is 5.67 Å². The van der Waals surface area contributed by atoms with Gasteiger partial charge in [-0.3, -0.25) is 14.5 Å². The highest BCUT2D eigenvalue weighted by Gasteiger charge is 2.56. The number of amides is 1. The number of hydrogen-bond acceptors (Lipinski definition) is 5. The van der Waals surface area contributed by atoms with Gasteiger partial charge in [-0.2, -0.15) is 13.2 Å². The van der Waals surface area contributed by atoms with Gasteiger partial charge in [0, 0.05) is 62.8 Å². The molecule has 3 heterocycles. The fraction of sp³-hybridized carbons (Fsp3) is 0.600. The molecule has 6 rings (SSSR count). The van der Waals surface area contributed by atoms with Crippen LogP contribution in [0.25, 0.3) is 0 Å². The number of carboxylic acid groups (broad SMARTS) is 1. The Labute approximate surface area is 267 Å². The van der Waals surface area contributed by atoms with Crippen LogP contribution in [0.5, 0.6) is 5.75 Å². The Hall–Kier alpha value is -3.34. The van der Waals surface area contributed by atoms with E-state index in [0.717, 1.165) is 43.4 Å².